The third-order valence-corrected chi connectivity index (χ3v) is 4.63. The Kier molecular flexibility index (Phi) is 5.01. The molecule has 0 saturated carbocycles. The van der Waals surface area contributed by atoms with Gasteiger partial charge in [0.25, 0.3) is 0 Å². The molecule has 0 amide bonds. The zero-order valence-electron chi connectivity index (χ0n) is 9.84. The molecule has 2 rings (SSSR count). The fourth-order valence-electron chi connectivity index (χ4n) is 1.78. The standard InChI is InChI=1S/C14H11Br2ClFN/c15-10-7-9(2-3-12(10)17)14(19)6-8-1-4-13(18)11(16)5-8/h1-5,7,14H,6,19H2. The highest BCUT2D eigenvalue weighted by molar-refractivity contribution is 9.10. The van der Waals surface area contributed by atoms with Crippen LogP contribution in [-0.4, -0.2) is 0 Å². The third kappa shape index (κ3) is 3.78. The number of benzene rings is 2. The second-order valence-corrected chi connectivity index (χ2v) is 6.35. The van der Waals surface area contributed by atoms with Crippen LogP contribution in [0.5, 0.6) is 0 Å². The van der Waals surface area contributed by atoms with Gasteiger partial charge < -0.3 is 5.73 Å². The number of nitrogens with two attached hydrogens (primary N) is 1. The van der Waals surface area contributed by atoms with Crippen LogP contribution in [0.25, 0.3) is 0 Å². The molecule has 1 atom stereocenters. The van der Waals surface area contributed by atoms with Crippen LogP contribution < -0.4 is 5.73 Å². The first kappa shape index (κ1) is 15.0. The van der Waals surface area contributed by atoms with Gasteiger partial charge >= 0.3 is 0 Å². The molecule has 5 heteroatoms. The zero-order valence-corrected chi connectivity index (χ0v) is 13.8. The van der Waals surface area contributed by atoms with Gasteiger partial charge in [-0.05, 0) is 73.7 Å². The summed E-state index contributed by atoms with van der Waals surface area (Å²) in [4.78, 5) is 0. The van der Waals surface area contributed by atoms with Crippen LogP contribution in [-0.2, 0) is 6.42 Å². The van der Waals surface area contributed by atoms with Crippen molar-refractivity contribution >= 4 is 43.5 Å². The monoisotopic (exact) mass is 405 g/mol. The van der Waals surface area contributed by atoms with Gasteiger partial charge in [0.05, 0.1) is 9.50 Å². The Balaban J connectivity index is 2.17. The largest absolute Gasteiger partial charge is 0.324 e. The van der Waals surface area contributed by atoms with E-state index in [9.17, 15) is 4.39 Å². The van der Waals surface area contributed by atoms with Crippen LogP contribution in [0, 0.1) is 5.82 Å². The maximum Gasteiger partial charge on any atom is 0.137 e. The van der Waals surface area contributed by atoms with E-state index < -0.39 is 0 Å². The molecule has 1 nitrogen and oxygen atoms in total. The van der Waals surface area contributed by atoms with E-state index in [2.05, 4.69) is 31.9 Å². The Morgan fingerprint density at radius 3 is 2.47 bits per heavy atom. The molecule has 100 valence electrons. The van der Waals surface area contributed by atoms with E-state index in [1.165, 1.54) is 6.07 Å². The summed E-state index contributed by atoms with van der Waals surface area (Å²) in [5, 5.41) is 0.653. The van der Waals surface area contributed by atoms with Crippen molar-refractivity contribution < 1.29 is 4.39 Å². The second-order valence-electron chi connectivity index (χ2n) is 4.23. The minimum absolute atomic E-state index is 0.161. The third-order valence-electron chi connectivity index (χ3n) is 2.81. The molecule has 0 radical (unpaired) electrons. The first-order valence-electron chi connectivity index (χ1n) is 5.62. The summed E-state index contributed by atoms with van der Waals surface area (Å²) in [6.45, 7) is 0. The fraction of sp³-hybridized carbons (Fsp3) is 0.143. The van der Waals surface area contributed by atoms with Crippen LogP contribution in [0.4, 0.5) is 4.39 Å². The van der Waals surface area contributed by atoms with Crippen molar-refractivity contribution in [2.75, 3.05) is 0 Å². The minimum Gasteiger partial charge on any atom is -0.324 e. The predicted octanol–water partition coefficient (Wildman–Crippen LogP) is 5.25. The Bertz CT molecular complexity index is 604. The summed E-state index contributed by atoms with van der Waals surface area (Å²) in [6.07, 6.45) is 0.632. The number of hydrogen-bond acceptors (Lipinski definition) is 1. The molecule has 19 heavy (non-hydrogen) atoms. The summed E-state index contributed by atoms with van der Waals surface area (Å²) in [5.74, 6) is -0.272. The van der Waals surface area contributed by atoms with Crippen molar-refractivity contribution in [3.05, 3.63) is 67.3 Å². The molecule has 0 aliphatic carbocycles. The molecule has 2 aromatic carbocycles. The first-order valence-corrected chi connectivity index (χ1v) is 7.58. The van der Waals surface area contributed by atoms with Crippen molar-refractivity contribution in [3.8, 4) is 0 Å². The van der Waals surface area contributed by atoms with E-state index in [0.29, 0.717) is 15.9 Å². The molecule has 0 aliphatic heterocycles. The number of hydrogen-bond donors (Lipinski definition) is 1. The van der Waals surface area contributed by atoms with Gasteiger partial charge in [0, 0.05) is 10.5 Å². The van der Waals surface area contributed by atoms with E-state index >= 15 is 0 Å². The lowest BCUT2D eigenvalue weighted by Crippen LogP contribution is -2.13. The molecular formula is C14H11Br2ClFN. The van der Waals surface area contributed by atoms with E-state index in [1.807, 2.05) is 12.1 Å². The maximum atomic E-state index is 13.2. The molecule has 2 N–H and O–H groups in total. The lowest BCUT2D eigenvalue weighted by Gasteiger charge is -2.13. The van der Waals surface area contributed by atoms with Crippen LogP contribution in [0.15, 0.2) is 45.3 Å². The second kappa shape index (κ2) is 6.35. The van der Waals surface area contributed by atoms with Crippen LogP contribution in [0.1, 0.15) is 17.2 Å². The van der Waals surface area contributed by atoms with E-state index in [-0.39, 0.29) is 11.9 Å². The molecule has 0 spiro atoms. The van der Waals surface area contributed by atoms with Gasteiger partial charge in [0.15, 0.2) is 0 Å². The molecule has 1 unspecified atom stereocenters. The SMILES string of the molecule is NC(Cc1ccc(F)c(Br)c1)c1ccc(Cl)c(Br)c1. The van der Waals surface area contributed by atoms with Gasteiger partial charge in [-0.2, -0.15) is 0 Å². The van der Waals surface area contributed by atoms with Crippen molar-refractivity contribution in [1.82, 2.24) is 0 Å². The fourth-order valence-corrected chi connectivity index (χ4v) is 2.72. The van der Waals surface area contributed by atoms with Gasteiger partial charge in [-0.1, -0.05) is 23.7 Å². The van der Waals surface area contributed by atoms with Crippen molar-refractivity contribution in [2.45, 2.75) is 12.5 Å². The highest BCUT2D eigenvalue weighted by Gasteiger charge is 2.10. The van der Waals surface area contributed by atoms with Gasteiger partial charge in [0.1, 0.15) is 5.82 Å². The summed E-state index contributed by atoms with van der Waals surface area (Å²) in [5.41, 5.74) is 8.12. The highest BCUT2D eigenvalue weighted by atomic mass is 79.9. The van der Waals surface area contributed by atoms with E-state index in [4.69, 9.17) is 17.3 Å². The van der Waals surface area contributed by atoms with Gasteiger partial charge in [-0.25, -0.2) is 4.39 Å². The molecule has 0 bridgehead atoms. The molecular weight excluding hydrogens is 396 g/mol. The predicted molar refractivity (Wildman–Crippen MR) is 83.9 cm³/mol. The smallest absolute Gasteiger partial charge is 0.137 e. The molecule has 0 aliphatic rings. The topological polar surface area (TPSA) is 26.0 Å². The number of rotatable bonds is 3. The summed E-state index contributed by atoms with van der Waals surface area (Å²) in [6, 6.07) is 10.4. The molecule has 0 saturated heterocycles. The summed E-state index contributed by atoms with van der Waals surface area (Å²) in [7, 11) is 0. The number of halogens is 4. The van der Waals surface area contributed by atoms with Gasteiger partial charge in [0.2, 0.25) is 0 Å². The lowest BCUT2D eigenvalue weighted by molar-refractivity contribution is 0.618. The van der Waals surface area contributed by atoms with Crippen LogP contribution >= 0.6 is 43.5 Å². The lowest BCUT2D eigenvalue weighted by atomic mass is 10.00. The van der Waals surface area contributed by atoms with Crippen LogP contribution in [0.3, 0.4) is 0 Å². The normalized spacial score (nSPS) is 12.5. The van der Waals surface area contributed by atoms with Crippen molar-refractivity contribution in [2.24, 2.45) is 5.73 Å². The Morgan fingerprint density at radius 2 is 1.84 bits per heavy atom. The molecule has 2 aromatic rings. The first-order chi connectivity index (χ1) is 8.97. The maximum absolute atomic E-state index is 13.2. The van der Waals surface area contributed by atoms with Gasteiger partial charge in [-0.3, -0.25) is 0 Å². The summed E-state index contributed by atoms with van der Waals surface area (Å²) >= 11 is 12.5. The van der Waals surface area contributed by atoms with Crippen LogP contribution in [0.2, 0.25) is 5.02 Å². The molecule has 0 heterocycles. The van der Waals surface area contributed by atoms with E-state index in [1.54, 1.807) is 18.2 Å². The van der Waals surface area contributed by atoms with Gasteiger partial charge in [-0.15, -0.1) is 0 Å². The quantitative estimate of drug-likeness (QED) is 0.739. The Labute approximate surface area is 133 Å². The Hall–Kier alpha value is -0.420. The van der Waals surface area contributed by atoms with E-state index in [0.717, 1.165) is 15.6 Å². The molecule has 0 fully saturated rings. The average Bonchev–Trinajstić information content (AvgIpc) is 2.37. The zero-order chi connectivity index (χ0) is 14.0. The molecule has 0 aromatic heterocycles. The average molecular weight is 408 g/mol. The highest BCUT2D eigenvalue weighted by Crippen LogP contribution is 2.27. The Morgan fingerprint density at radius 1 is 1.11 bits per heavy atom. The van der Waals surface area contributed by atoms with Crippen molar-refractivity contribution in [1.29, 1.82) is 0 Å². The van der Waals surface area contributed by atoms with Crippen molar-refractivity contribution in [3.63, 3.8) is 0 Å². The minimum atomic E-state index is -0.272. The summed E-state index contributed by atoms with van der Waals surface area (Å²) < 4.78 is 14.4.